The molecule has 0 bridgehead atoms. The third kappa shape index (κ3) is 3.03. The van der Waals surface area contributed by atoms with Crippen LogP contribution in [0.15, 0.2) is 0 Å². The maximum Gasteiger partial charge on any atom is 0.0616 e. The maximum absolute atomic E-state index is 5.87. The van der Waals surface area contributed by atoms with Gasteiger partial charge in [-0.15, -0.1) is 0 Å². The van der Waals surface area contributed by atoms with E-state index in [1.807, 2.05) is 0 Å². The quantitative estimate of drug-likeness (QED) is 0.813. The van der Waals surface area contributed by atoms with E-state index in [1.165, 1.54) is 38.5 Å². The molecule has 2 aliphatic rings. The van der Waals surface area contributed by atoms with Crippen molar-refractivity contribution in [1.82, 2.24) is 5.32 Å². The largest absolute Gasteiger partial charge is 0.378 e. The van der Waals surface area contributed by atoms with Crippen molar-refractivity contribution in [2.24, 2.45) is 17.8 Å². The fourth-order valence-corrected chi connectivity index (χ4v) is 3.94. The van der Waals surface area contributed by atoms with Gasteiger partial charge in [0.05, 0.1) is 6.10 Å². The van der Waals surface area contributed by atoms with Crippen LogP contribution in [0.1, 0.15) is 52.4 Å². The normalized spacial score (nSPS) is 40.4. The first-order chi connectivity index (χ1) is 8.26. The molecular formula is C15H29NO. The Morgan fingerprint density at radius 3 is 2.47 bits per heavy atom. The second-order valence-corrected chi connectivity index (χ2v) is 6.10. The zero-order valence-electron chi connectivity index (χ0n) is 11.7. The van der Waals surface area contributed by atoms with E-state index < -0.39 is 0 Å². The molecule has 2 fully saturated rings. The van der Waals surface area contributed by atoms with Gasteiger partial charge in [-0.3, -0.25) is 0 Å². The fraction of sp³-hybridized carbons (Fsp3) is 1.00. The van der Waals surface area contributed by atoms with Gasteiger partial charge in [0, 0.05) is 18.6 Å². The van der Waals surface area contributed by atoms with E-state index in [9.17, 15) is 0 Å². The molecule has 3 unspecified atom stereocenters. The van der Waals surface area contributed by atoms with E-state index in [2.05, 4.69) is 26.2 Å². The molecule has 0 spiro atoms. The van der Waals surface area contributed by atoms with Crippen LogP contribution < -0.4 is 5.32 Å². The van der Waals surface area contributed by atoms with Crippen LogP contribution in [0.3, 0.4) is 0 Å². The van der Waals surface area contributed by atoms with E-state index >= 15 is 0 Å². The molecule has 0 radical (unpaired) electrons. The van der Waals surface area contributed by atoms with Crippen molar-refractivity contribution in [3.8, 4) is 0 Å². The van der Waals surface area contributed by atoms with E-state index in [-0.39, 0.29) is 0 Å². The van der Waals surface area contributed by atoms with E-state index in [0.29, 0.717) is 12.1 Å². The predicted molar refractivity (Wildman–Crippen MR) is 72.1 cm³/mol. The SMILES string of the molecule is CCC1OCCC1C(NC)C1CCC(C)CC1. The first kappa shape index (κ1) is 13.4. The summed E-state index contributed by atoms with van der Waals surface area (Å²) in [5.74, 6) is 2.59. The van der Waals surface area contributed by atoms with Crippen molar-refractivity contribution in [1.29, 1.82) is 0 Å². The lowest BCUT2D eigenvalue weighted by atomic mass is 9.74. The summed E-state index contributed by atoms with van der Waals surface area (Å²) in [5, 5.41) is 3.61. The average molecular weight is 239 g/mol. The Morgan fingerprint density at radius 2 is 1.88 bits per heavy atom. The van der Waals surface area contributed by atoms with Crippen LogP contribution >= 0.6 is 0 Å². The summed E-state index contributed by atoms with van der Waals surface area (Å²) in [7, 11) is 2.15. The Hall–Kier alpha value is -0.0800. The molecule has 1 saturated carbocycles. The van der Waals surface area contributed by atoms with Gasteiger partial charge in [0.1, 0.15) is 0 Å². The summed E-state index contributed by atoms with van der Waals surface area (Å²) in [5.41, 5.74) is 0. The smallest absolute Gasteiger partial charge is 0.0616 e. The molecule has 100 valence electrons. The van der Waals surface area contributed by atoms with E-state index in [4.69, 9.17) is 4.74 Å². The lowest BCUT2D eigenvalue weighted by Gasteiger charge is -2.37. The number of hydrogen-bond acceptors (Lipinski definition) is 2. The topological polar surface area (TPSA) is 21.3 Å². The van der Waals surface area contributed by atoms with Gasteiger partial charge < -0.3 is 10.1 Å². The van der Waals surface area contributed by atoms with Gasteiger partial charge in [-0.25, -0.2) is 0 Å². The maximum atomic E-state index is 5.87. The summed E-state index contributed by atoms with van der Waals surface area (Å²) in [6.07, 6.45) is 8.62. The molecule has 1 heterocycles. The van der Waals surface area contributed by atoms with Crippen LogP contribution in [-0.4, -0.2) is 25.8 Å². The van der Waals surface area contributed by atoms with Crippen LogP contribution in [0.25, 0.3) is 0 Å². The van der Waals surface area contributed by atoms with Crippen LogP contribution in [0.2, 0.25) is 0 Å². The van der Waals surface area contributed by atoms with Gasteiger partial charge in [0.25, 0.3) is 0 Å². The van der Waals surface area contributed by atoms with Gasteiger partial charge >= 0.3 is 0 Å². The molecule has 0 aromatic heterocycles. The molecule has 3 atom stereocenters. The average Bonchev–Trinajstić information content (AvgIpc) is 2.81. The van der Waals surface area contributed by atoms with Crippen LogP contribution in [0.5, 0.6) is 0 Å². The van der Waals surface area contributed by atoms with E-state index in [0.717, 1.165) is 24.4 Å². The molecular weight excluding hydrogens is 210 g/mol. The van der Waals surface area contributed by atoms with Crippen LogP contribution in [0.4, 0.5) is 0 Å². The van der Waals surface area contributed by atoms with Gasteiger partial charge in [0.15, 0.2) is 0 Å². The zero-order valence-corrected chi connectivity index (χ0v) is 11.7. The Kier molecular flexibility index (Phi) is 4.87. The second-order valence-electron chi connectivity index (χ2n) is 6.10. The molecule has 1 aliphatic carbocycles. The van der Waals surface area contributed by atoms with Crippen molar-refractivity contribution >= 4 is 0 Å². The van der Waals surface area contributed by atoms with Crippen molar-refractivity contribution < 1.29 is 4.74 Å². The summed E-state index contributed by atoms with van der Waals surface area (Å²) in [6.45, 7) is 5.64. The lowest BCUT2D eigenvalue weighted by molar-refractivity contribution is 0.0646. The van der Waals surface area contributed by atoms with Crippen molar-refractivity contribution in [2.75, 3.05) is 13.7 Å². The van der Waals surface area contributed by atoms with Gasteiger partial charge in [-0.05, 0) is 44.6 Å². The molecule has 1 N–H and O–H groups in total. The standard InChI is InChI=1S/C15H29NO/c1-4-14-13(9-10-17-14)15(16-3)12-7-5-11(2)6-8-12/h11-16H,4-10H2,1-3H3. The first-order valence-electron chi connectivity index (χ1n) is 7.55. The van der Waals surface area contributed by atoms with E-state index in [1.54, 1.807) is 0 Å². The summed E-state index contributed by atoms with van der Waals surface area (Å²) in [4.78, 5) is 0. The monoisotopic (exact) mass is 239 g/mol. The Morgan fingerprint density at radius 1 is 1.18 bits per heavy atom. The third-order valence-corrected chi connectivity index (χ3v) is 5.03. The molecule has 2 nitrogen and oxygen atoms in total. The summed E-state index contributed by atoms with van der Waals surface area (Å²) in [6, 6.07) is 0.690. The second kappa shape index (κ2) is 6.19. The molecule has 0 amide bonds. The van der Waals surface area contributed by atoms with Gasteiger partial charge in [0.2, 0.25) is 0 Å². The molecule has 0 aromatic rings. The van der Waals surface area contributed by atoms with Gasteiger partial charge in [-0.1, -0.05) is 26.7 Å². The highest BCUT2D eigenvalue weighted by Crippen LogP contribution is 2.37. The minimum absolute atomic E-state index is 0.506. The Labute approximate surface area is 107 Å². The van der Waals surface area contributed by atoms with Crippen molar-refractivity contribution in [3.63, 3.8) is 0 Å². The van der Waals surface area contributed by atoms with Gasteiger partial charge in [-0.2, -0.15) is 0 Å². The minimum Gasteiger partial charge on any atom is -0.378 e. The molecule has 17 heavy (non-hydrogen) atoms. The summed E-state index contributed by atoms with van der Waals surface area (Å²) >= 11 is 0. The van der Waals surface area contributed by atoms with Crippen LogP contribution in [-0.2, 0) is 4.74 Å². The molecule has 0 aromatic carbocycles. The summed E-state index contributed by atoms with van der Waals surface area (Å²) < 4.78 is 5.87. The fourth-order valence-electron chi connectivity index (χ4n) is 3.94. The molecule has 1 aliphatic heterocycles. The minimum atomic E-state index is 0.506. The highest BCUT2D eigenvalue weighted by Gasteiger charge is 2.37. The molecule has 2 rings (SSSR count). The Bertz CT molecular complexity index is 223. The Balaban J connectivity index is 1.95. The van der Waals surface area contributed by atoms with Crippen LogP contribution in [0, 0.1) is 17.8 Å². The first-order valence-corrected chi connectivity index (χ1v) is 7.55. The highest BCUT2D eigenvalue weighted by molar-refractivity contribution is 4.91. The zero-order chi connectivity index (χ0) is 12.3. The predicted octanol–water partition coefficient (Wildman–Crippen LogP) is 3.22. The van der Waals surface area contributed by atoms with Crippen molar-refractivity contribution in [2.45, 2.75) is 64.5 Å². The number of rotatable bonds is 4. The third-order valence-electron chi connectivity index (χ3n) is 5.03. The number of ether oxygens (including phenoxy) is 1. The number of nitrogens with one attached hydrogen (secondary N) is 1. The molecule has 2 heteroatoms. The molecule has 1 saturated heterocycles. The lowest BCUT2D eigenvalue weighted by Crippen LogP contribution is -2.44. The highest BCUT2D eigenvalue weighted by atomic mass is 16.5. The van der Waals surface area contributed by atoms with Crippen molar-refractivity contribution in [3.05, 3.63) is 0 Å². The number of hydrogen-bond donors (Lipinski definition) is 1.